The maximum Gasteiger partial charge on any atom is 0.0521 e. The molecule has 0 bridgehead atoms. The number of hydrogen-bond acceptors (Lipinski definition) is 3. The summed E-state index contributed by atoms with van der Waals surface area (Å²) in [7, 11) is 0. The second-order valence-corrected chi connectivity index (χ2v) is 5.44. The largest absolute Gasteiger partial charge is 0.381 e. The van der Waals surface area contributed by atoms with Crippen molar-refractivity contribution in [3.63, 3.8) is 0 Å². The van der Waals surface area contributed by atoms with E-state index in [9.17, 15) is 0 Å². The van der Waals surface area contributed by atoms with E-state index in [1.807, 2.05) is 0 Å². The molecule has 3 nitrogen and oxygen atoms in total. The summed E-state index contributed by atoms with van der Waals surface area (Å²) in [5, 5.41) is 0. The van der Waals surface area contributed by atoms with Crippen LogP contribution in [0.15, 0.2) is 0 Å². The summed E-state index contributed by atoms with van der Waals surface area (Å²) >= 11 is 0. The van der Waals surface area contributed by atoms with Gasteiger partial charge < -0.3 is 15.4 Å². The van der Waals surface area contributed by atoms with Gasteiger partial charge in [0.15, 0.2) is 0 Å². The monoisotopic (exact) mass is 226 g/mol. The third-order valence-electron chi connectivity index (χ3n) is 4.21. The van der Waals surface area contributed by atoms with Crippen molar-refractivity contribution < 1.29 is 4.74 Å². The maximum atomic E-state index is 6.15. The van der Waals surface area contributed by atoms with Gasteiger partial charge in [0.1, 0.15) is 0 Å². The smallest absolute Gasteiger partial charge is 0.0521 e. The average molecular weight is 226 g/mol. The molecule has 3 heteroatoms. The first-order chi connectivity index (χ1) is 7.79. The van der Waals surface area contributed by atoms with Crippen LogP contribution in [0.5, 0.6) is 0 Å². The highest BCUT2D eigenvalue weighted by molar-refractivity contribution is 4.81. The Kier molecular flexibility index (Phi) is 4.62. The number of rotatable bonds is 5. The molecule has 0 radical (unpaired) electrons. The zero-order chi connectivity index (χ0) is 11.4. The van der Waals surface area contributed by atoms with Crippen molar-refractivity contribution in [1.29, 1.82) is 0 Å². The minimum absolute atomic E-state index is 0.351. The third-order valence-corrected chi connectivity index (χ3v) is 4.21. The summed E-state index contributed by atoms with van der Waals surface area (Å²) in [6, 6.07) is 0.351. The van der Waals surface area contributed by atoms with E-state index >= 15 is 0 Å². The Morgan fingerprint density at radius 1 is 1.25 bits per heavy atom. The number of nitrogens with zero attached hydrogens (tertiary/aromatic N) is 1. The first-order valence-corrected chi connectivity index (χ1v) is 6.85. The normalized spacial score (nSPS) is 31.7. The molecule has 1 heterocycles. The van der Waals surface area contributed by atoms with Crippen LogP contribution < -0.4 is 5.73 Å². The molecular formula is C13H26N2O. The van der Waals surface area contributed by atoms with Gasteiger partial charge in [0, 0.05) is 31.7 Å². The Morgan fingerprint density at radius 3 is 2.62 bits per heavy atom. The minimum atomic E-state index is 0.351. The zero-order valence-corrected chi connectivity index (χ0v) is 10.5. The molecule has 94 valence electrons. The van der Waals surface area contributed by atoms with Crippen LogP contribution >= 0.6 is 0 Å². The van der Waals surface area contributed by atoms with E-state index < -0.39 is 0 Å². The fraction of sp³-hybridized carbons (Fsp3) is 1.00. The van der Waals surface area contributed by atoms with Crippen LogP contribution in [-0.2, 0) is 4.74 Å². The highest BCUT2D eigenvalue weighted by Gasteiger charge is 2.26. The molecule has 2 unspecified atom stereocenters. The number of hydrogen-bond donors (Lipinski definition) is 1. The second kappa shape index (κ2) is 5.99. The lowest BCUT2D eigenvalue weighted by atomic mass is 9.84. The van der Waals surface area contributed by atoms with Gasteiger partial charge in [-0.3, -0.25) is 0 Å². The number of ether oxygens (including phenoxy) is 1. The van der Waals surface area contributed by atoms with E-state index in [4.69, 9.17) is 10.5 Å². The molecule has 2 aliphatic rings. The van der Waals surface area contributed by atoms with Crippen molar-refractivity contribution in [1.82, 2.24) is 4.90 Å². The Hall–Kier alpha value is -0.120. The fourth-order valence-corrected chi connectivity index (χ4v) is 2.71. The average Bonchev–Trinajstić information content (AvgIpc) is 2.24. The van der Waals surface area contributed by atoms with Crippen LogP contribution in [-0.4, -0.2) is 43.8 Å². The lowest BCUT2D eigenvalue weighted by Gasteiger charge is -2.36. The van der Waals surface area contributed by atoms with Crippen molar-refractivity contribution in [3.8, 4) is 0 Å². The van der Waals surface area contributed by atoms with Crippen molar-refractivity contribution >= 4 is 0 Å². The van der Waals surface area contributed by atoms with E-state index in [1.54, 1.807) is 0 Å². The topological polar surface area (TPSA) is 38.5 Å². The Bertz CT molecular complexity index is 206. The molecule has 2 fully saturated rings. The Balaban J connectivity index is 1.75. The molecule has 0 spiro atoms. The van der Waals surface area contributed by atoms with E-state index in [0.717, 1.165) is 38.6 Å². The summed E-state index contributed by atoms with van der Waals surface area (Å²) in [6.45, 7) is 7.54. The van der Waals surface area contributed by atoms with E-state index in [1.165, 1.54) is 25.8 Å². The van der Waals surface area contributed by atoms with Crippen molar-refractivity contribution in [2.24, 2.45) is 17.6 Å². The van der Waals surface area contributed by atoms with Crippen molar-refractivity contribution in [3.05, 3.63) is 0 Å². The van der Waals surface area contributed by atoms with Crippen LogP contribution in [0.4, 0.5) is 0 Å². The first kappa shape index (κ1) is 12.3. The molecular weight excluding hydrogens is 200 g/mol. The highest BCUT2D eigenvalue weighted by atomic mass is 16.5. The van der Waals surface area contributed by atoms with Gasteiger partial charge in [-0.1, -0.05) is 13.3 Å². The van der Waals surface area contributed by atoms with E-state index in [0.29, 0.717) is 12.0 Å². The zero-order valence-electron chi connectivity index (χ0n) is 10.5. The molecule has 1 aliphatic heterocycles. The van der Waals surface area contributed by atoms with Crippen molar-refractivity contribution in [2.45, 2.75) is 38.6 Å². The Labute approximate surface area is 99.3 Å². The van der Waals surface area contributed by atoms with Crippen molar-refractivity contribution in [2.75, 3.05) is 32.8 Å². The molecule has 0 aromatic heterocycles. The fourth-order valence-electron chi connectivity index (χ4n) is 2.71. The molecule has 1 saturated heterocycles. The predicted octanol–water partition coefficient (Wildman–Crippen LogP) is 1.47. The predicted molar refractivity (Wildman–Crippen MR) is 66.4 cm³/mol. The second-order valence-electron chi connectivity index (χ2n) is 5.44. The molecule has 16 heavy (non-hydrogen) atoms. The minimum Gasteiger partial charge on any atom is -0.381 e. The molecule has 1 aliphatic carbocycles. The molecule has 1 saturated carbocycles. The molecule has 0 aromatic rings. The van der Waals surface area contributed by atoms with Gasteiger partial charge in [0.2, 0.25) is 0 Å². The van der Waals surface area contributed by atoms with E-state index in [-0.39, 0.29) is 0 Å². The summed E-state index contributed by atoms with van der Waals surface area (Å²) in [5.74, 6) is 1.51. The molecule has 0 aromatic carbocycles. The molecule has 2 atom stereocenters. The van der Waals surface area contributed by atoms with Crippen LogP contribution in [0, 0.1) is 11.8 Å². The van der Waals surface area contributed by atoms with Crippen LogP contribution in [0.3, 0.4) is 0 Å². The lowest BCUT2D eigenvalue weighted by molar-refractivity contribution is 0.0225. The first-order valence-electron chi connectivity index (χ1n) is 6.85. The van der Waals surface area contributed by atoms with Crippen LogP contribution in [0.2, 0.25) is 0 Å². The van der Waals surface area contributed by atoms with Gasteiger partial charge in [-0.2, -0.15) is 0 Å². The quantitative estimate of drug-likeness (QED) is 0.771. The van der Waals surface area contributed by atoms with Gasteiger partial charge in [0.25, 0.3) is 0 Å². The standard InChI is InChI=1S/C13H26N2O/c1-2-15(8-11-4-3-5-11)9-12-10-16-7-6-13(12)14/h11-13H,2-10,14H2,1H3. The lowest BCUT2D eigenvalue weighted by Crippen LogP contribution is -2.46. The van der Waals surface area contributed by atoms with Gasteiger partial charge >= 0.3 is 0 Å². The highest BCUT2D eigenvalue weighted by Crippen LogP contribution is 2.27. The summed E-state index contributed by atoms with van der Waals surface area (Å²) in [6.07, 6.45) is 5.34. The molecule has 0 amide bonds. The summed E-state index contributed by atoms with van der Waals surface area (Å²) in [4.78, 5) is 2.57. The summed E-state index contributed by atoms with van der Waals surface area (Å²) < 4.78 is 5.54. The summed E-state index contributed by atoms with van der Waals surface area (Å²) in [5.41, 5.74) is 6.15. The number of nitrogens with two attached hydrogens (primary N) is 1. The van der Waals surface area contributed by atoms with Gasteiger partial charge in [0.05, 0.1) is 6.61 Å². The van der Waals surface area contributed by atoms with Gasteiger partial charge in [-0.25, -0.2) is 0 Å². The van der Waals surface area contributed by atoms with Crippen LogP contribution in [0.1, 0.15) is 32.6 Å². The van der Waals surface area contributed by atoms with Crippen LogP contribution in [0.25, 0.3) is 0 Å². The SMILES string of the molecule is CCN(CC1CCC1)CC1COCCC1N. The van der Waals surface area contributed by atoms with E-state index in [2.05, 4.69) is 11.8 Å². The molecule has 2 rings (SSSR count). The molecule has 2 N–H and O–H groups in total. The maximum absolute atomic E-state index is 6.15. The van der Waals surface area contributed by atoms with Gasteiger partial charge in [-0.05, 0) is 31.7 Å². The Morgan fingerprint density at radius 2 is 2.06 bits per heavy atom. The third kappa shape index (κ3) is 3.19. The van der Waals surface area contributed by atoms with Gasteiger partial charge in [-0.15, -0.1) is 0 Å².